The van der Waals surface area contributed by atoms with E-state index in [1.807, 2.05) is 121 Å². The van der Waals surface area contributed by atoms with Gasteiger partial charge < -0.3 is 105 Å². The van der Waals surface area contributed by atoms with E-state index in [0.29, 0.717) is 125 Å². The smallest absolute Gasteiger partial charge is 0.356 e. The molecule has 19 atom stereocenters. The number of aromatic hydroxyl groups is 3. The lowest BCUT2D eigenvalue weighted by molar-refractivity contribution is -0.231. The van der Waals surface area contributed by atoms with Crippen molar-refractivity contribution < 1.29 is 123 Å². The number of para-hydroxylation sites is 3. The number of anilines is 3. The van der Waals surface area contributed by atoms with Gasteiger partial charge in [0.05, 0.1) is 55.0 Å². The van der Waals surface area contributed by atoms with Crippen LogP contribution in [0.1, 0.15) is 170 Å². The summed E-state index contributed by atoms with van der Waals surface area (Å²) >= 11 is 0. The van der Waals surface area contributed by atoms with Crippen molar-refractivity contribution >= 4 is 47.7 Å². The number of nitrogens with zero attached hydrogens (tertiary/aromatic N) is 3. The minimum atomic E-state index is -4.36. The second-order valence-electron chi connectivity index (χ2n) is 35.7. The summed E-state index contributed by atoms with van der Waals surface area (Å²) in [6.45, 7) is -1.03. The molecule has 137 heavy (non-hydrogen) atoms. The number of aliphatic hydroxyl groups is 11. The molecule has 0 aliphatic carbocycles. The van der Waals surface area contributed by atoms with Crippen molar-refractivity contribution in [3.63, 3.8) is 0 Å². The summed E-state index contributed by atoms with van der Waals surface area (Å²) in [5.74, 6) is -1.57. The maximum Gasteiger partial charge on any atom is 0.356 e. The van der Waals surface area contributed by atoms with Gasteiger partial charge in [0, 0.05) is 53.0 Å². The number of halogens is 3. The molecular formula is C108H111F3N3O22P. The third kappa shape index (κ3) is 23.0. The number of hydrogen-bond acceptors (Lipinski definition) is 20. The van der Waals surface area contributed by atoms with E-state index >= 15 is 0 Å². The van der Waals surface area contributed by atoms with Gasteiger partial charge in [-0.3, -0.25) is 18.9 Å². The van der Waals surface area contributed by atoms with Gasteiger partial charge in [0.2, 0.25) is 17.7 Å². The maximum atomic E-state index is 13.5. The molecule has 716 valence electrons. The van der Waals surface area contributed by atoms with Crippen LogP contribution in [-0.4, -0.2) is 161 Å². The highest BCUT2D eigenvalue weighted by molar-refractivity contribution is 7.60. The molecule has 5 aliphatic heterocycles. The molecule has 5 saturated heterocycles. The van der Waals surface area contributed by atoms with Crippen molar-refractivity contribution in [2.45, 2.75) is 175 Å². The van der Waals surface area contributed by atoms with Gasteiger partial charge in [0.25, 0.3) is 0 Å². The zero-order valence-corrected chi connectivity index (χ0v) is 75.5. The van der Waals surface area contributed by atoms with Gasteiger partial charge in [-0.2, -0.15) is 0 Å². The Hall–Kier alpha value is -12.1. The van der Waals surface area contributed by atoms with Crippen LogP contribution in [0.15, 0.2) is 291 Å². The van der Waals surface area contributed by atoms with E-state index in [4.69, 9.17) is 9.47 Å². The standard InChI is InChI=1S/2C38H40FNO8.C32H31FNO6P/c2*39-27-16-13-23(14-17-27)30(42)8-4-5-26-20-33(44)40(28-6-2-1-3-7-28)34(26)29-18-15-25(19-31(29)43)22-9-11-24(12-10-22)38-37(47)36(46)35(45)32(21-41)48-38;33-25-14-9-22(10-15-25)29(35)8-4-5-24-20-31(37)34(26-6-2-1-3-7-26)32(24)28-18-13-23(19-30(28)36)21-11-16-27(17-12-21)41(38,39)40/h2*1-3,6-7,9-19,26,30,32,34-38,41-43,45-47H,4-5,8,20-21H2;1-3,6-7,9-19,24,29,32,35-36H,4-5,8,20H2,(H2,38,39,40)/t26-,30+,32-,34+,35-,36+,37-,38?;26-,30-,32+,34-,35+,36-,37+,38?;24-,29-,32-/m100/s1. The van der Waals surface area contributed by atoms with Gasteiger partial charge in [-0.25, -0.2) is 13.2 Å². The minimum absolute atomic E-state index is 0.0125. The van der Waals surface area contributed by atoms with E-state index < -0.39 is 118 Å². The first-order valence-corrected chi connectivity index (χ1v) is 47.4. The van der Waals surface area contributed by atoms with Gasteiger partial charge in [0.1, 0.15) is 95.7 Å². The van der Waals surface area contributed by atoms with Crippen LogP contribution in [0.25, 0.3) is 33.4 Å². The van der Waals surface area contributed by atoms with Crippen LogP contribution >= 0.6 is 7.60 Å². The molecule has 12 aromatic rings. The molecule has 12 aromatic carbocycles. The third-order valence-electron chi connectivity index (χ3n) is 26.8. The summed E-state index contributed by atoms with van der Waals surface area (Å²) < 4.78 is 62.8. The van der Waals surface area contributed by atoms with Crippen LogP contribution in [0.2, 0.25) is 0 Å². The van der Waals surface area contributed by atoms with E-state index in [1.54, 1.807) is 136 Å². The zero-order valence-electron chi connectivity index (χ0n) is 74.6. The van der Waals surface area contributed by atoms with E-state index in [0.717, 1.165) is 28.2 Å². The van der Waals surface area contributed by atoms with Gasteiger partial charge in [-0.15, -0.1) is 0 Å². The minimum Gasteiger partial charge on any atom is -0.508 e. The Morgan fingerprint density at radius 2 is 0.599 bits per heavy atom. The number of aliphatic hydroxyl groups excluding tert-OH is 11. The first-order chi connectivity index (χ1) is 65.9. The molecule has 16 N–H and O–H groups in total. The molecule has 0 radical (unpaired) electrons. The summed E-state index contributed by atoms with van der Waals surface area (Å²) in [4.78, 5) is 64.3. The third-order valence-corrected chi connectivity index (χ3v) is 27.8. The van der Waals surface area contributed by atoms with Crippen molar-refractivity contribution in [3.8, 4) is 50.6 Å². The second kappa shape index (κ2) is 44.6. The number of amides is 3. The summed E-state index contributed by atoms with van der Waals surface area (Å²) in [7, 11) is -4.36. The number of carbonyl (C=O) groups is 3. The molecule has 25 nitrogen and oxygen atoms in total. The Morgan fingerprint density at radius 1 is 0.336 bits per heavy atom. The number of hydrogen-bond donors (Lipinski definition) is 16. The first-order valence-electron chi connectivity index (χ1n) is 45.8. The van der Waals surface area contributed by atoms with Crippen molar-refractivity contribution in [3.05, 3.63) is 353 Å². The lowest BCUT2D eigenvalue weighted by atomic mass is 9.87. The quantitative estimate of drug-likeness (QED) is 0.0194. The topological polar surface area (TPSA) is 420 Å². The zero-order chi connectivity index (χ0) is 97.0. The Balaban J connectivity index is 0.000000157. The number of phenols is 3. The fraction of sp³-hybridized carbons (Fsp3) is 0.306. The largest absolute Gasteiger partial charge is 0.508 e. The predicted molar refractivity (Wildman–Crippen MR) is 508 cm³/mol. The summed E-state index contributed by atoms with van der Waals surface area (Å²) in [6.07, 6.45) is -8.90. The van der Waals surface area contributed by atoms with Crippen LogP contribution in [-0.2, 0) is 28.4 Å². The number of phenolic OH excluding ortho intramolecular Hbond substituents is 3. The molecule has 5 fully saturated rings. The average Bonchev–Trinajstić information content (AvgIpc) is 1.76. The number of ether oxygens (including phenoxy) is 2. The molecule has 5 heterocycles. The average molecular weight is 1890 g/mol. The molecule has 0 aromatic heterocycles. The lowest BCUT2D eigenvalue weighted by Gasteiger charge is -2.40. The molecule has 0 bridgehead atoms. The molecular weight excluding hydrogens is 1780 g/mol. The molecule has 5 aliphatic rings. The molecule has 0 saturated carbocycles. The normalized spacial score (nSPS) is 24.0. The molecule has 29 heteroatoms. The van der Waals surface area contributed by atoms with Gasteiger partial charge in [-0.05, 0) is 221 Å². The van der Waals surface area contributed by atoms with Crippen LogP contribution in [0.4, 0.5) is 30.2 Å². The fourth-order valence-corrected chi connectivity index (χ4v) is 20.1. The van der Waals surface area contributed by atoms with Crippen LogP contribution in [0.3, 0.4) is 0 Å². The van der Waals surface area contributed by atoms with Gasteiger partial charge in [0.15, 0.2) is 0 Å². The number of benzene rings is 12. The van der Waals surface area contributed by atoms with Crippen molar-refractivity contribution in [1.29, 1.82) is 0 Å². The van der Waals surface area contributed by atoms with E-state index in [9.17, 15) is 113 Å². The Morgan fingerprint density at radius 3 is 0.854 bits per heavy atom. The van der Waals surface area contributed by atoms with Crippen LogP contribution in [0.5, 0.6) is 17.2 Å². The highest BCUT2D eigenvalue weighted by atomic mass is 31.2. The molecule has 17 rings (SSSR count). The number of carbonyl (C=O) groups excluding carboxylic acids is 3. The first kappa shape index (κ1) is 99.4. The molecule has 2 unspecified atom stereocenters. The van der Waals surface area contributed by atoms with E-state index in [2.05, 4.69) is 0 Å². The van der Waals surface area contributed by atoms with Crippen molar-refractivity contribution in [1.82, 2.24) is 0 Å². The highest BCUT2D eigenvalue weighted by Crippen LogP contribution is 2.52. The van der Waals surface area contributed by atoms with E-state index in [-0.39, 0.29) is 94.7 Å². The highest BCUT2D eigenvalue weighted by Gasteiger charge is 2.49. The monoisotopic (exact) mass is 1890 g/mol. The molecule has 0 spiro atoms. The Labute approximate surface area is 790 Å². The predicted octanol–water partition coefficient (Wildman–Crippen LogP) is 15.4. The lowest BCUT2D eigenvalue weighted by Crippen LogP contribution is -2.55. The van der Waals surface area contributed by atoms with E-state index in [1.165, 1.54) is 48.5 Å². The van der Waals surface area contributed by atoms with Crippen LogP contribution < -0.4 is 20.0 Å². The van der Waals surface area contributed by atoms with Gasteiger partial charge >= 0.3 is 7.60 Å². The summed E-state index contributed by atoms with van der Waals surface area (Å²) in [6, 6.07) is 79.9. The fourth-order valence-electron chi connectivity index (χ4n) is 19.6. The Bertz CT molecular complexity index is 5850. The van der Waals surface area contributed by atoms with Crippen molar-refractivity contribution in [2.24, 2.45) is 17.8 Å². The number of rotatable bonds is 29. The van der Waals surface area contributed by atoms with Crippen LogP contribution in [0, 0.1) is 35.2 Å². The van der Waals surface area contributed by atoms with Gasteiger partial charge in [-0.1, -0.05) is 207 Å². The SMILES string of the molecule is O=C1C[C@@H](CCC[C@H](O)c2ccc(F)cc2)[C@@H](c2ccc(-c3ccc(C4O[C@H](CO)[C@@H](O)[C@H](O)[C@H]4O)cc3)cc2O)N1c1ccccc1.O=C1C[C@H](CCC[C@H](O)c2ccc(F)cc2)[C@@H](c2ccc(-c3ccc(C4O[C@H](CO)[C@@H](O)[C@H](O)[C@H]4O)cc3)cc2O)N1c1ccccc1.O=C1C[C@H](CCC[C@H](O)c2ccc(F)cc2)[C@@H](c2ccc(-c3ccc(P(=O)(O)O)cc3)cc2O)N1c1ccccc1. The summed E-state index contributed by atoms with van der Waals surface area (Å²) in [5.41, 5.74) is 11.3. The second-order valence-corrected chi connectivity index (χ2v) is 37.3. The van der Waals surface area contributed by atoms with Crippen molar-refractivity contribution in [2.75, 3.05) is 27.9 Å². The Kier molecular flexibility index (Phi) is 32.3. The summed E-state index contributed by atoms with van der Waals surface area (Å²) in [5, 5.41) is 147. The molecule has 3 amide bonds. The maximum absolute atomic E-state index is 13.5.